The minimum Gasteiger partial charge on any atom is -0.461 e. The van der Waals surface area contributed by atoms with Crippen LogP contribution in [-0.2, 0) is 11.2 Å². The molecule has 0 aliphatic heterocycles. The maximum Gasteiger partial charge on any atom is 0.234 e. The second-order valence-electron chi connectivity index (χ2n) is 3.48. The van der Waals surface area contributed by atoms with Crippen LogP contribution in [0.15, 0.2) is 34.7 Å². The fourth-order valence-electron chi connectivity index (χ4n) is 1.53. The summed E-state index contributed by atoms with van der Waals surface area (Å²) in [6, 6.07) is 9.82. The average molecular weight is 238 g/mol. The fourth-order valence-corrected chi connectivity index (χ4v) is 1.63. The van der Waals surface area contributed by atoms with Gasteiger partial charge in [0.05, 0.1) is 0 Å². The third kappa shape index (κ3) is 2.55. The SMILES string of the molecule is O=C(CCl)NCCc1cc2ccccc2o1. The van der Waals surface area contributed by atoms with Gasteiger partial charge in [-0.2, -0.15) is 0 Å². The van der Waals surface area contributed by atoms with Crippen molar-refractivity contribution in [3.05, 3.63) is 36.1 Å². The lowest BCUT2D eigenvalue weighted by Crippen LogP contribution is -2.26. The third-order valence-electron chi connectivity index (χ3n) is 2.29. The predicted molar refractivity (Wildman–Crippen MR) is 63.6 cm³/mol. The maximum atomic E-state index is 10.9. The second kappa shape index (κ2) is 5.03. The molecule has 0 saturated carbocycles. The van der Waals surface area contributed by atoms with Crippen LogP contribution < -0.4 is 5.32 Å². The quantitative estimate of drug-likeness (QED) is 0.830. The molecule has 4 heteroatoms. The Labute approximate surface area is 98.4 Å². The van der Waals surface area contributed by atoms with E-state index in [4.69, 9.17) is 16.0 Å². The van der Waals surface area contributed by atoms with Gasteiger partial charge < -0.3 is 9.73 Å². The van der Waals surface area contributed by atoms with E-state index in [0.29, 0.717) is 13.0 Å². The van der Waals surface area contributed by atoms with Gasteiger partial charge in [0.2, 0.25) is 5.91 Å². The number of fused-ring (bicyclic) bond motifs is 1. The molecule has 1 amide bonds. The van der Waals surface area contributed by atoms with Crippen molar-refractivity contribution in [1.82, 2.24) is 5.32 Å². The van der Waals surface area contributed by atoms with Crippen molar-refractivity contribution >= 4 is 28.5 Å². The van der Waals surface area contributed by atoms with E-state index < -0.39 is 0 Å². The molecule has 3 nitrogen and oxygen atoms in total. The van der Waals surface area contributed by atoms with Crippen molar-refractivity contribution in [3.63, 3.8) is 0 Å². The van der Waals surface area contributed by atoms with Crippen molar-refractivity contribution < 1.29 is 9.21 Å². The average Bonchev–Trinajstić information content (AvgIpc) is 2.71. The van der Waals surface area contributed by atoms with Gasteiger partial charge in [-0.1, -0.05) is 18.2 Å². The highest BCUT2D eigenvalue weighted by atomic mass is 35.5. The molecule has 16 heavy (non-hydrogen) atoms. The maximum absolute atomic E-state index is 10.9. The lowest BCUT2D eigenvalue weighted by molar-refractivity contribution is -0.118. The molecule has 0 radical (unpaired) electrons. The molecule has 2 rings (SSSR count). The number of furan rings is 1. The molecular weight excluding hydrogens is 226 g/mol. The zero-order valence-corrected chi connectivity index (χ0v) is 9.46. The first kappa shape index (κ1) is 11.0. The van der Waals surface area contributed by atoms with Gasteiger partial charge in [0.15, 0.2) is 0 Å². The Balaban J connectivity index is 1.97. The minimum atomic E-state index is -0.155. The van der Waals surface area contributed by atoms with Gasteiger partial charge in [-0.25, -0.2) is 0 Å². The number of hydrogen-bond acceptors (Lipinski definition) is 2. The van der Waals surface area contributed by atoms with E-state index in [1.54, 1.807) is 0 Å². The van der Waals surface area contributed by atoms with Crippen LogP contribution in [0.4, 0.5) is 0 Å². The number of amides is 1. The highest BCUT2D eigenvalue weighted by Gasteiger charge is 2.03. The molecule has 1 N–H and O–H groups in total. The van der Waals surface area contributed by atoms with Crippen molar-refractivity contribution in [1.29, 1.82) is 0 Å². The third-order valence-corrected chi connectivity index (χ3v) is 2.53. The van der Waals surface area contributed by atoms with Gasteiger partial charge in [0.1, 0.15) is 17.2 Å². The normalized spacial score (nSPS) is 10.6. The fraction of sp³-hybridized carbons (Fsp3) is 0.250. The minimum absolute atomic E-state index is 0.000129. The van der Waals surface area contributed by atoms with E-state index in [0.717, 1.165) is 16.7 Å². The lowest BCUT2D eigenvalue weighted by Gasteiger charge is -1.99. The summed E-state index contributed by atoms with van der Waals surface area (Å²) >= 11 is 5.36. The molecule has 0 fully saturated rings. The van der Waals surface area contributed by atoms with Crippen molar-refractivity contribution in [2.45, 2.75) is 6.42 Å². The van der Waals surface area contributed by atoms with Gasteiger partial charge in [-0.15, -0.1) is 11.6 Å². The molecule has 0 aliphatic rings. The van der Waals surface area contributed by atoms with Gasteiger partial charge >= 0.3 is 0 Å². The Morgan fingerprint density at radius 2 is 2.19 bits per heavy atom. The van der Waals surface area contributed by atoms with Crippen molar-refractivity contribution in [2.75, 3.05) is 12.4 Å². The first-order chi connectivity index (χ1) is 7.79. The molecule has 0 atom stereocenters. The topological polar surface area (TPSA) is 42.2 Å². The van der Waals surface area contributed by atoms with E-state index in [-0.39, 0.29) is 11.8 Å². The summed E-state index contributed by atoms with van der Waals surface area (Å²) in [5.74, 6) is 0.717. The Bertz CT molecular complexity index is 459. The molecule has 0 saturated heterocycles. The number of para-hydroxylation sites is 1. The van der Waals surface area contributed by atoms with Crippen LogP contribution in [0.5, 0.6) is 0 Å². The molecule has 0 aliphatic carbocycles. The largest absolute Gasteiger partial charge is 0.461 e. The van der Waals surface area contributed by atoms with E-state index >= 15 is 0 Å². The lowest BCUT2D eigenvalue weighted by atomic mass is 10.2. The Morgan fingerprint density at radius 3 is 2.94 bits per heavy atom. The van der Waals surface area contributed by atoms with E-state index in [1.165, 1.54) is 0 Å². The molecule has 0 spiro atoms. The second-order valence-corrected chi connectivity index (χ2v) is 3.75. The standard InChI is InChI=1S/C12H12ClNO2/c13-8-12(15)14-6-5-10-7-9-3-1-2-4-11(9)16-10/h1-4,7H,5-6,8H2,(H,14,15). The molecule has 0 unspecified atom stereocenters. The van der Waals surface area contributed by atoms with Crippen LogP contribution in [0, 0.1) is 0 Å². The zero-order chi connectivity index (χ0) is 11.4. The smallest absolute Gasteiger partial charge is 0.234 e. The Hall–Kier alpha value is -1.48. The van der Waals surface area contributed by atoms with Crippen LogP contribution in [-0.4, -0.2) is 18.3 Å². The van der Waals surface area contributed by atoms with Crippen molar-refractivity contribution in [3.8, 4) is 0 Å². The molecule has 84 valence electrons. The van der Waals surface area contributed by atoms with Gasteiger partial charge in [0.25, 0.3) is 0 Å². The van der Waals surface area contributed by atoms with E-state index in [1.807, 2.05) is 30.3 Å². The summed E-state index contributed by atoms with van der Waals surface area (Å²) in [5.41, 5.74) is 0.876. The summed E-state index contributed by atoms with van der Waals surface area (Å²) in [5, 5.41) is 3.78. The molecule has 1 aromatic heterocycles. The van der Waals surface area contributed by atoms with Crippen LogP contribution >= 0.6 is 11.6 Å². The number of alkyl halides is 1. The number of halogens is 1. The Kier molecular flexibility index (Phi) is 3.47. The number of hydrogen-bond donors (Lipinski definition) is 1. The summed E-state index contributed by atoms with van der Waals surface area (Å²) in [4.78, 5) is 10.9. The summed E-state index contributed by atoms with van der Waals surface area (Å²) in [6.45, 7) is 0.547. The molecular formula is C12H12ClNO2. The summed E-state index contributed by atoms with van der Waals surface area (Å²) < 4.78 is 5.60. The number of nitrogens with one attached hydrogen (secondary N) is 1. The van der Waals surface area contributed by atoms with Gasteiger partial charge in [-0.05, 0) is 12.1 Å². The number of benzene rings is 1. The van der Waals surface area contributed by atoms with E-state index in [9.17, 15) is 4.79 Å². The molecule has 1 heterocycles. The number of carbonyl (C=O) groups excluding carboxylic acids is 1. The molecule has 2 aromatic rings. The van der Waals surface area contributed by atoms with Gasteiger partial charge in [-0.3, -0.25) is 4.79 Å². The van der Waals surface area contributed by atoms with Crippen LogP contribution in [0.2, 0.25) is 0 Å². The summed E-state index contributed by atoms with van der Waals surface area (Å²) in [6.07, 6.45) is 0.678. The van der Waals surface area contributed by atoms with Gasteiger partial charge in [0, 0.05) is 18.4 Å². The van der Waals surface area contributed by atoms with Crippen molar-refractivity contribution in [2.24, 2.45) is 0 Å². The first-order valence-electron chi connectivity index (χ1n) is 5.09. The van der Waals surface area contributed by atoms with Crippen LogP contribution in [0.1, 0.15) is 5.76 Å². The number of rotatable bonds is 4. The van der Waals surface area contributed by atoms with Crippen LogP contribution in [0.3, 0.4) is 0 Å². The highest BCUT2D eigenvalue weighted by Crippen LogP contribution is 2.18. The Morgan fingerprint density at radius 1 is 1.38 bits per heavy atom. The summed E-state index contributed by atoms with van der Waals surface area (Å²) in [7, 11) is 0. The monoisotopic (exact) mass is 237 g/mol. The first-order valence-corrected chi connectivity index (χ1v) is 5.63. The predicted octanol–water partition coefficient (Wildman–Crippen LogP) is 2.33. The molecule has 1 aromatic carbocycles. The van der Waals surface area contributed by atoms with Crippen LogP contribution in [0.25, 0.3) is 11.0 Å². The zero-order valence-electron chi connectivity index (χ0n) is 8.70. The highest BCUT2D eigenvalue weighted by molar-refractivity contribution is 6.27. The molecule has 0 bridgehead atoms. The van der Waals surface area contributed by atoms with E-state index in [2.05, 4.69) is 5.32 Å². The number of carbonyl (C=O) groups is 1.